The molecule has 0 unspecified atom stereocenters. The van der Waals surface area contributed by atoms with E-state index in [0.29, 0.717) is 0 Å². The van der Waals surface area contributed by atoms with Crippen molar-refractivity contribution in [1.29, 1.82) is 0 Å². The Morgan fingerprint density at radius 3 is 0.561 bits per heavy atom. The van der Waals surface area contributed by atoms with Crippen molar-refractivity contribution in [1.82, 2.24) is 0 Å². The molecule has 0 radical (unpaired) electrons. The van der Waals surface area contributed by atoms with Gasteiger partial charge >= 0.3 is 0 Å². The highest BCUT2D eigenvalue weighted by atomic mass is 14.1. The summed E-state index contributed by atoms with van der Waals surface area (Å²) in [5.41, 5.74) is 13.7. The van der Waals surface area contributed by atoms with Gasteiger partial charge in [0, 0.05) is 0 Å². The molecule has 6 aromatic rings. The van der Waals surface area contributed by atoms with Crippen molar-refractivity contribution in [2.75, 3.05) is 0 Å². The average molecular weight is 529 g/mol. The minimum atomic E-state index is 0.925. The molecule has 0 heterocycles. The lowest BCUT2D eigenvalue weighted by atomic mass is 9.91. The molecule has 200 valence electrons. The van der Waals surface area contributed by atoms with Crippen molar-refractivity contribution in [3.8, 4) is 0 Å². The SMILES string of the molecule is c1ccc(Cc2cc(Cc3ccccc3)cc(Cc3cc(Cc4ccccc4)cc(Cc4ccccc4)c3)c2)cc1. The van der Waals surface area contributed by atoms with Gasteiger partial charge in [-0.1, -0.05) is 158 Å². The summed E-state index contributed by atoms with van der Waals surface area (Å²) >= 11 is 0. The smallest absolute Gasteiger partial charge is 0.00254 e. The second kappa shape index (κ2) is 13.1. The van der Waals surface area contributed by atoms with Gasteiger partial charge in [-0.05, 0) is 87.7 Å². The van der Waals surface area contributed by atoms with E-state index in [1.807, 2.05) is 0 Å². The normalized spacial score (nSPS) is 10.9. The van der Waals surface area contributed by atoms with E-state index in [4.69, 9.17) is 0 Å². The van der Waals surface area contributed by atoms with Crippen LogP contribution in [0.4, 0.5) is 0 Å². The first kappa shape index (κ1) is 26.5. The van der Waals surface area contributed by atoms with Crippen LogP contribution in [0.15, 0.2) is 158 Å². The summed E-state index contributed by atoms with van der Waals surface area (Å²) in [6, 6.07) is 57.8. The van der Waals surface area contributed by atoms with Gasteiger partial charge in [-0.25, -0.2) is 0 Å². The summed E-state index contributed by atoms with van der Waals surface area (Å²) in [5, 5.41) is 0. The first-order valence-corrected chi connectivity index (χ1v) is 14.6. The van der Waals surface area contributed by atoms with Crippen molar-refractivity contribution >= 4 is 0 Å². The van der Waals surface area contributed by atoms with Crippen LogP contribution in [0.1, 0.15) is 55.6 Å². The van der Waals surface area contributed by atoms with Crippen molar-refractivity contribution < 1.29 is 0 Å². The molecule has 0 nitrogen and oxygen atoms in total. The molecular formula is C41H36. The standard InChI is InChI=1S/C41H36/c1-5-13-32(14-6-1)21-36-25-37(22-33-15-7-2-8-16-33)28-40(27-36)31-41-29-38(23-34-17-9-3-10-18-34)26-39(30-41)24-35-19-11-4-12-20-35/h1-20,25-30H,21-24,31H2. The zero-order valence-electron chi connectivity index (χ0n) is 23.5. The second-order valence-corrected chi connectivity index (χ2v) is 11.1. The lowest BCUT2D eigenvalue weighted by Crippen LogP contribution is -2.00. The molecule has 0 bridgehead atoms. The molecule has 0 aliphatic rings. The summed E-state index contributed by atoms with van der Waals surface area (Å²) < 4.78 is 0. The van der Waals surface area contributed by atoms with E-state index in [-0.39, 0.29) is 0 Å². The lowest BCUT2D eigenvalue weighted by molar-refractivity contribution is 1.07. The van der Waals surface area contributed by atoms with Crippen LogP contribution in [-0.4, -0.2) is 0 Å². The molecule has 0 spiro atoms. The van der Waals surface area contributed by atoms with Crippen molar-refractivity contribution in [2.45, 2.75) is 32.1 Å². The fourth-order valence-corrected chi connectivity index (χ4v) is 5.85. The maximum absolute atomic E-state index is 2.42. The molecule has 0 aliphatic heterocycles. The minimum Gasteiger partial charge on any atom is -0.0622 e. The molecule has 0 fully saturated rings. The summed E-state index contributed by atoms with van der Waals surface area (Å²) in [5.74, 6) is 0. The van der Waals surface area contributed by atoms with Gasteiger partial charge in [0.05, 0.1) is 0 Å². The van der Waals surface area contributed by atoms with Crippen molar-refractivity contribution in [3.05, 3.63) is 213 Å². The Labute approximate surface area is 245 Å². The first-order valence-electron chi connectivity index (χ1n) is 14.6. The maximum atomic E-state index is 2.42. The van der Waals surface area contributed by atoms with Crippen LogP contribution in [0, 0.1) is 0 Å². The Morgan fingerprint density at radius 1 is 0.195 bits per heavy atom. The Balaban J connectivity index is 1.34. The average Bonchev–Trinajstić information content (AvgIpc) is 2.99. The van der Waals surface area contributed by atoms with E-state index in [2.05, 4.69) is 158 Å². The summed E-state index contributed by atoms with van der Waals surface area (Å²) in [6.45, 7) is 0. The Hall–Kier alpha value is -4.68. The Morgan fingerprint density at radius 2 is 0.366 bits per heavy atom. The van der Waals surface area contributed by atoms with Crippen LogP contribution in [0.25, 0.3) is 0 Å². The quantitative estimate of drug-likeness (QED) is 0.166. The van der Waals surface area contributed by atoms with Gasteiger partial charge < -0.3 is 0 Å². The number of hydrogen-bond donors (Lipinski definition) is 0. The zero-order valence-corrected chi connectivity index (χ0v) is 23.5. The van der Waals surface area contributed by atoms with E-state index in [1.54, 1.807) is 0 Å². The minimum absolute atomic E-state index is 0.925. The molecule has 0 saturated carbocycles. The lowest BCUT2D eigenvalue weighted by Gasteiger charge is -2.14. The van der Waals surface area contributed by atoms with E-state index in [1.165, 1.54) is 55.6 Å². The van der Waals surface area contributed by atoms with E-state index in [0.717, 1.165) is 32.1 Å². The molecule has 0 saturated heterocycles. The van der Waals surface area contributed by atoms with Crippen molar-refractivity contribution in [2.24, 2.45) is 0 Å². The van der Waals surface area contributed by atoms with Gasteiger partial charge in [0.1, 0.15) is 0 Å². The molecule has 0 heteroatoms. The molecule has 0 aliphatic carbocycles. The highest BCUT2D eigenvalue weighted by Gasteiger charge is 2.09. The molecule has 0 amide bonds. The van der Waals surface area contributed by atoms with Gasteiger partial charge in [0.2, 0.25) is 0 Å². The number of benzene rings is 6. The predicted octanol–water partition coefficient (Wildman–Crippen LogP) is 9.64. The topological polar surface area (TPSA) is 0 Å². The van der Waals surface area contributed by atoms with E-state index in [9.17, 15) is 0 Å². The number of rotatable bonds is 10. The van der Waals surface area contributed by atoms with E-state index < -0.39 is 0 Å². The molecule has 6 rings (SSSR count). The zero-order chi connectivity index (χ0) is 27.7. The van der Waals surface area contributed by atoms with E-state index >= 15 is 0 Å². The Kier molecular flexibility index (Phi) is 8.49. The molecular weight excluding hydrogens is 492 g/mol. The second-order valence-electron chi connectivity index (χ2n) is 11.1. The largest absolute Gasteiger partial charge is 0.0622 e. The van der Waals surface area contributed by atoms with Crippen LogP contribution >= 0.6 is 0 Å². The van der Waals surface area contributed by atoms with Gasteiger partial charge in [-0.15, -0.1) is 0 Å². The van der Waals surface area contributed by atoms with Crippen molar-refractivity contribution in [3.63, 3.8) is 0 Å². The monoisotopic (exact) mass is 528 g/mol. The first-order chi connectivity index (χ1) is 20.2. The fourth-order valence-electron chi connectivity index (χ4n) is 5.85. The molecule has 6 aromatic carbocycles. The third-order valence-electron chi connectivity index (χ3n) is 7.64. The van der Waals surface area contributed by atoms with Crippen LogP contribution in [-0.2, 0) is 32.1 Å². The van der Waals surface area contributed by atoms with Gasteiger partial charge in [0.25, 0.3) is 0 Å². The molecule has 41 heavy (non-hydrogen) atoms. The summed E-state index contributed by atoms with van der Waals surface area (Å²) in [4.78, 5) is 0. The maximum Gasteiger partial charge on any atom is -0.00254 e. The highest BCUT2D eigenvalue weighted by Crippen LogP contribution is 2.23. The van der Waals surface area contributed by atoms with Gasteiger partial charge in [0.15, 0.2) is 0 Å². The molecule has 0 aromatic heterocycles. The molecule has 0 atom stereocenters. The summed E-state index contributed by atoms with van der Waals surface area (Å²) in [6.07, 6.45) is 4.72. The van der Waals surface area contributed by atoms with Gasteiger partial charge in [-0.2, -0.15) is 0 Å². The third-order valence-corrected chi connectivity index (χ3v) is 7.64. The van der Waals surface area contributed by atoms with Gasteiger partial charge in [-0.3, -0.25) is 0 Å². The van der Waals surface area contributed by atoms with Crippen LogP contribution in [0.2, 0.25) is 0 Å². The van der Waals surface area contributed by atoms with Crippen LogP contribution < -0.4 is 0 Å². The molecule has 0 N–H and O–H groups in total. The van der Waals surface area contributed by atoms with Crippen LogP contribution in [0.5, 0.6) is 0 Å². The predicted molar refractivity (Wildman–Crippen MR) is 173 cm³/mol. The fraction of sp³-hybridized carbons (Fsp3) is 0.122. The Bertz CT molecular complexity index is 1420. The third kappa shape index (κ3) is 7.71. The number of hydrogen-bond acceptors (Lipinski definition) is 0. The highest BCUT2D eigenvalue weighted by molar-refractivity contribution is 5.42. The summed E-state index contributed by atoms with van der Waals surface area (Å²) in [7, 11) is 0. The van der Waals surface area contributed by atoms with Crippen LogP contribution in [0.3, 0.4) is 0 Å².